The maximum Gasteiger partial charge on any atom is 0.259 e. The highest BCUT2D eigenvalue weighted by Gasteiger charge is 2.13. The minimum atomic E-state index is -0.417. The second kappa shape index (κ2) is 6.05. The first-order chi connectivity index (χ1) is 9.20. The van der Waals surface area contributed by atoms with Crippen LogP contribution >= 0.6 is 11.6 Å². The van der Waals surface area contributed by atoms with Crippen LogP contribution in [0.5, 0.6) is 0 Å². The summed E-state index contributed by atoms with van der Waals surface area (Å²) in [4.78, 5) is 19.9. The lowest BCUT2D eigenvalue weighted by Gasteiger charge is -2.07. The summed E-state index contributed by atoms with van der Waals surface area (Å²) in [7, 11) is 0. The Morgan fingerprint density at radius 2 is 2.21 bits per heavy atom. The minimum Gasteiger partial charge on any atom is -0.370 e. The topological polar surface area (TPSA) is 92.7 Å². The number of hydrogen-bond donors (Lipinski definition) is 2. The summed E-state index contributed by atoms with van der Waals surface area (Å²) in [6, 6.07) is 1.57. The molecule has 2 rings (SSSR count). The summed E-state index contributed by atoms with van der Waals surface area (Å²) in [6.45, 7) is 2.63. The monoisotopic (exact) mass is 278 g/mol. The number of amides is 1. The highest BCUT2D eigenvalue weighted by Crippen LogP contribution is 2.18. The van der Waals surface area contributed by atoms with E-state index >= 15 is 0 Å². The van der Waals surface area contributed by atoms with Crippen LogP contribution in [-0.2, 0) is 0 Å². The van der Waals surface area contributed by atoms with E-state index in [4.69, 9.17) is 11.6 Å². The van der Waals surface area contributed by atoms with Gasteiger partial charge in [-0.3, -0.25) is 10.1 Å². The summed E-state index contributed by atoms with van der Waals surface area (Å²) in [6.07, 6.45) is 4.26. The SMILES string of the molecule is CCNc1cc(C(=O)Nc2nccnn2)c(Cl)cn1. The molecule has 1 amide bonds. The van der Waals surface area contributed by atoms with Gasteiger partial charge in [-0.2, -0.15) is 5.10 Å². The molecule has 98 valence electrons. The van der Waals surface area contributed by atoms with Gasteiger partial charge in [-0.15, -0.1) is 5.10 Å². The molecule has 2 N–H and O–H groups in total. The third-order valence-corrected chi connectivity index (χ3v) is 2.47. The van der Waals surface area contributed by atoms with E-state index in [1.54, 1.807) is 6.07 Å². The molecule has 0 aromatic carbocycles. The zero-order valence-electron chi connectivity index (χ0n) is 10.1. The first-order valence-corrected chi connectivity index (χ1v) is 5.93. The average Bonchev–Trinajstić information content (AvgIpc) is 2.42. The van der Waals surface area contributed by atoms with Crippen molar-refractivity contribution >= 4 is 29.3 Å². The minimum absolute atomic E-state index is 0.116. The van der Waals surface area contributed by atoms with Crippen molar-refractivity contribution in [1.82, 2.24) is 20.2 Å². The molecule has 2 aromatic heterocycles. The fraction of sp³-hybridized carbons (Fsp3) is 0.182. The van der Waals surface area contributed by atoms with Gasteiger partial charge in [0, 0.05) is 12.7 Å². The Hall–Kier alpha value is -2.28. The van der Waals surface area contributed by atoms with Crippen molar-refractivity contribution in [3.63, 3.8) is 0 Å². The largest absolute Gasteiger partial charge is 0.370 e. The van der Waals surface area contributed by atoms with Crippen LogP contribution in [0.2, 0.25) is 5.02 Å². The third-order valence-electron chi connectivity index (χ3n) is 2.17. The fourth-order valence-electron chi connectivity index (χ4n) is 1.36. The summed E-state index contributed by atoms with van der Waals surface area (Å²) in [5.74, 6) is 0.272. The van der Waals surface area contributed by atoms with Gasteiger partial charge in [0.25, 0.3) is 5.91 Å². The summed E-state index contributed by atoms with van der Waals surface area (Å²) >= 11 is 5.95. The zero-order valence-corrected chi connectivity index (χ0v) is 10.8. The van der Waals surface area contributed by atoms with Gasteiger partial charge in [0.05, 0.1) is 23.0 Å². The smallest absolute Gasteiger partial charge is 0.259 e. The molecule has 0 aliphatic heterocycles. The van der Waals surface area contributed by atoms with Crippen LogP contribution in [0.4, 0.5) is 11.8 Å². The molecular formula is C11H11ClN6O. The van der Waals surface area contributed by atoms with E-state index in [9.17, 15) is 4.79 Å². The molecule has 0 saturated heterocycles. The van der Waals surface area contributed by atoms with Crippen molar-refractivity contribution in [3.8, 4) is 0 Å². The van der Waals surface area contributed by atoms with E-state index in [0.29, 0.717) is 17.9 Å². The van der Waals surface area contributed by atoms with E-state index in [-0.39, 0.29) is 11.0 Å². The number of nitrogens with one attached hydrogen (secondary N) is 2. The number of aromatic nitrogens is 4. The van der Waals surface area contributed by atoms with Crippen LogP contribution in [0.25, 0.3) is 0 Å². The van der Waals surface area contributed by atoms with E-state index < -0.39 is 5.91 Å². The molecule has 0 fully saturated rings. The molecule has 0 spiro atoms. The molecule has 2 aromatic rings. The lowest BCUT2D eigenvalue weighted by atomic mass is 10.2. The molecule has 0 bridgehead atoms. The fourth-order valence-corrected chi connectivity index (χ4v) is 1.55. The number of halogens is 1. The molecule has 19 heavy (non-hydrogen) atoms. The molecule has 0 aliphatic rings. The first kappa shape index (κ1) is 13.2. The lowest BCUT2D eigenvalue weighted by Crippen LogP contribution is -2.15. The van der Waals surface area contributed by atoms with Crippen LogP contribution in [0.1, 0.15) is 17.3 Å². The van der Waals surface area contributed by atoms with Crippen molar-refractivity contribution in [2.75, 3.05) is 17.2 Å². The van der Waals surface area contributed by atoms with Gasteiger partial charge < -0.3 is 5.32 Å². The van der Waals surface area contributed by atoms with Crippen molar-refractivity contribution in [1.29, 1.82) is 0 Å². The van der Waals surface area contributed by atoms with Crippen LogP contribution in [-0.4, -0.2) is 32.6 Å². The maximum absolute atomic E-state index is 12.0. The Morgan fingerprint density at radius 3 is 2.89 bits per heavy atom. The Labute approximate surface area is 114 Å². The molecule has 0 saturated carbocycles. The quantitative estimate of drug-likeness (QED) is 0.882. The van der Waals surface area contributed by atoms with Crippen LogP contribution < -0.4 is 10.6 Å². The lowest BCUT2D eigenvalue weighted by molar-refractivity contribution is 0.102. The van der Waals surface area contributed by atoms with Crippen molar-refractivity contribution < 1.29 is 4.79 Å². The predicted molar refractivity (Wildman–Crippen MR) is 71.2 cm³/mol. The van der Waals surface area contributed by atoms with E-state index in [1.807, 2.05) is 6.92 Å². The average molecular weight is 279 g/mol. The van der Waals surface area contributed by atoms with Crippen LogP contribution in [0.15, 0.2) is 24.7 Å². The van der Waals surface area contributed by atoms with E-state index in [2.05, 4.69) is 30.8 Å². The van der Waals surface area contributed by atoms with Gasteiger partial charge in [0.1, 0.15) is 5.82 Å². The standard InChI is InChI=1S/C11H11ClN6O/c1-2-13-9-5-7(8(12)6-15-9)10(19)17-11-14-3-4-16-18-11/h3-6H,2H2,1H3,(H,13,15)(H,14,17,18,19). The number of rotatable bonds is 4. The predicted octanol–water partition coefficient (Wildman–Crippen LogP) is 1.60. The Morgan fingerprint density at radius 1 is 1.37 bits per heavy atom. The number of carbonyl (C=O) groups is 1. The Balaban J connectivity index is 2.21. The van der Waals surface area contributed by atoms with Crippen molar-refractivity contribution in [3.05, 3.63) is 35.2 Å². The van der Waals surface area contributed by atoms with Gasteiger partial charge in [-0.05, 0) is 13.0 Å². The third kappa shape index (κ3) is 3.35. The van der Waals surface area contributed by atoms with Crippen LogP contribution in [0, 0.1) is 0 Å². The number of hydrogen-bond acceptors (Lipinski definition) is 6. The second-order valence-corrected chi connectivity index (χ2v) is 3.91. The number of anilines is 2. The molecular weight excluding hydrogens is 268 g/mol. The summed E-state index contributed by atoms with van der Waals surface area (Å²) in [5, 5.41) is 13.0. The van der Waals surface area contributed by atoms with E-state index in [0.717, 1.165) is 0 Å². The molecule has 7 nitrogen and oxygen atoms in total. The molecule has 0 aliphatic carbocycles. The molecule has 8 heteroatoms. The van der Waals surface area contributed by atoms with E-state index in [1.165, 1.54) is 18.6 Å². The number of nitrogens with zero attached hydrogens (tertiary/aromatic N) is 4. The summed E-state index contributed by atoms with van der Waals surface area (Å²) in [5.41, 5.74) is 0.292. The van der Waals surface area contributed by atoms with Gasteiger partial charge in [0.15, 0.2) is 0 Å². The van der Waals surface area contributed by atoms with Gasteiger partial charge >= 0.3 is 0 Å². The number of pyridine rings is 1. The maximum atomic E-state index is 12.0. The van der Waals surface area contributed by atoms with Gasteiger partial charge in [0.2, 0.25) is 5.95 Å². The van der Waals surface area contributed by atoms with Gasteiger partial charge in [-0.1, -0.05) is 11.6 Å². The molecule has 0 atom stereocenters. The number of carbonyl (C=O) groups excluding carboxylic acids is 1. The molecule has 0 unspecified atom stereocenters. The zero-order chi connectivity index (χ0) is 13.7. The highest BCUT2D eigenvalue weighted by atomic mass is 35.5. The van der Waals surface area contributed by atoms with Gasteiger partial charge in [-0.25, -0.2) is 9.97 Å². The second-order valence-electron chi connectivity index (χ2n) is 3.50. The summed E-state index contributed by atoms with van der Waals surface area (Å²) < 4.78 is 0. The Kier molecular flexibility index (Phi) is 4.19. The van der Waals surface area contributed by atoms with Crippen molar-refractivity contribution in [2.24, 2.45) is 0 Å². The highest BCUT2D eigenvalue weighted by molar-refractivity contribution is 6.34. The van der Waals surface area contributed by atoms with Crippen LogP contribution in [0.3, 0.4) is 0 Å². The normalized spacial score (nSPS) is 10.0. The van der Waals surface area contributed by atoms with Crippen molar-refractivity contribution in [2.45, 2.75) is 6.92 Å². The molecule has 0 radical (unpaired) electrons. The molecule has 2 heterocycles. The first-order valence-electron chi connectivity index (χ1n) is 5.55. The Bertz CT molecular complexity index is 577.